The Bertz CT molecular complexity index is 603. The highest BCUT2D eigenvalue weighted by molar-refractivity contribution is 6.01. The topological polar surface area (TPSA) is 17.1 Å². The summed E-state index contributed by atoms with van der Waals surface area (Å²) in [6.45, 7) is 3.60. The fraction of sp³-hybridized carbons (Fsp3) is 0.188. The lowest BCUT2D eigenvalue weighted by molar-refractivity contribution is 0.00739. The zero-order chi connectivity index (χ0) is 14.0. The maximum absolute atomic E-state index is 14.2. The smallest absolute Gasteiger partial charge is 0.287 e. The van der Waals surface area contributed by atoms with Gasteiger partial charge in [0.1, 0.15) is 0 Å². The van der Waals surface area contributed by atoms with E-state index in [1.54, 1.807) is 31.2 Å². The van der Waals surface area contributed by atoms with Crippen molar-refractivity contribution < 1.29 is 13.6 Å². The minimum atomic E-state index is -3.50. The highest BCUT2D eigenvalue weighted by Crippen LogP contribution is 2.32. The number of alkyl halides is 2. The molecule has 19 heavy (non-hydrogen) atoms. The molecule has 0 aliphatic carbocycles. The third-order valence-electron chi connectivity index (χ3n) is 3.19. The van der Waals surface area contributed by atoms with E-state index in [4.69, 9.17) is 0 Å². The number of benzene rings is 2. The van der Waals surface area contributed by atoms with E-state index in [9.17, 15) is 13.6 Å². The van der Waals surface area contributed by atoms with Crippen molar-refractivity contribution in [1.82, 2.24) is 0 Å². The summed E-state index contributed by atoms with van der Waals surface area (Å²) in [6, 6.07) is 11.9. The Kier molecular flexibility index (Phi) is 3.47. The first-order valence-corrected chi connectivity index (χ1v) is 5.98. The van der Waals surface area contributed by atoms with E-state index in [1.165, 1.54) is 24.3 Å². The molecule has 0 spiro atoms. The van der Waals surface area contributed by atoms with E-state index in [1.807, 2.05) is 6.92 Å². The van der Waals surface area contributed by atoms with Gasteiger partial charge in [0.2, 0.25) is 5.78 Å². The normalized spacial score (nSPS) is 11.4. The van der Waals surface area contributed by atoms with E-state index < -0.39 is 11.7 Å². The molecule has 0 aliphatic rings. The molecular formula is C16H14F2O. The summed E-state index contributed by atoms with van der Waals surface area (Å²) in [4.78, 5) is 11.9. The average Bonchev–Trinajstić information content (AvgIpc) is 2.41. The molecular weight excluding hydrogens is 246 g/mol. The van der Waals surface area contributed by atoms with E-state index >= 15 is 0 Å². The molecule has 0 radical (unpaired) electrons. The lowest BCUT2D eigenvalue weighted by atomic mass is 9.96. The van der Waals surface area contributed by atoms with Crippen LogP contribution in [0.4, 0.5) is 8.78 Å². The van der Waals surface area contributed by atoms with Crippen LogP contribution in [0.15, 0.2) is 48.5 Å². The Morgan fingerprint density at radius 3 is 2.16 bits per heavy atom. The molecule has 2 aromatic carbocycles. The summed E-state index contributed by atoms with van der Waals surface area (Å²) in [5.74, 6) is -4.67. The van der Waals surface area contributed by atoms with E-state index in [0.717, 1.165) is 11.1 Å². The molecule has 0 heterocycles. The van der Waals surface area contributed by atoms with Gasteiger partial charge < -0.3 is 0 Å². The SMILES string of the molecule is Cc1ccc(C(F)(F)C(=O)c2ccccc2)cc1C. The van der Waals surface area contributed by atoms with Gasteiger partial charge in [-0.15, -0.1) is 0 Å². The summed E-state index contributed by atoms with van der Waals surface area (Å²) in [5.41, 5.74) is 1.43. The number of ketones is 1. The van der Waals surface area contributed by atoms with Gasteiger partial charge in [0.15, 0.2) is 0 Å². The summed E-state index contributed by atoms with van der Waals surface area (Å²) < 4.78 is 28.4. The fourth-order valence-electron chi connectivity index (χ4n) is 1.84. The number of rotatable bonds is 3. The van der Waals surface area contributed by atoms with Gasteiger partial charge in [-0.1, -0.05) is 42.5 Å². The van der Waals surface area contributed by atoms with Crippen molar-refractivity contribution in [2.45, 2.75) is 19.8 Å². The minimum absolute atomic E-state index is 0.0192. The van der Waals surface area contributed by atoms with Crippen molar-refractivity contribution in [3.8, 4) is 0 Å². The highest BCUT2D eigenvalue weighted by atomic mass is 19.3. The summed E-state index contributed by atoms with van der Waals surface area (Å²) in [6.07, 6.45) is 0. The molecule has 0 saturated heterocycles. The predicted molar refractivity (Wildman–Crippen MR) is 70.6 cm³/mol. The maximum Gasteiger partial charge on any atom is 0.334 e. The number of carbonyl (C=O) groups is 1. The molecule has 1 nitrogen and oxygen atoms in total. The van der Waals surface area contributed by atoms with Crippen molar-refractivity contribution in [1.29, 1.82) is 0 Å². The summed E-state index contributed by atoms with van der Waals surface area (Å²) in [7, 11) is 0. The van der Waals surface area contributed by atoms with Crippen LogP contribution < -0.4 is 0 Å². The van der Waals surface area contributed by atoms with Gasteiger partial charge in [-0.05, 0) is 31.0 Å². The molecule has 3 heteroatoms. The zero-order valence-electron chi connectivity index (χ0n) is 10.8. The molecule has 0 N–H and O–H groups in total. The molecule has 2 aromatic rings. The molecule has 0 fully saturated rings. The lowest BCUT2D eigenvalue weighted by Gasteiger charge is -2.16. The monoisotopic (exact) mass is 260 g/mol. The van der Waals surface area contributed by atoms with Crippen LogP contribution in [0.3, 0.4) is 0 Å². The van der Waals surface area contributed by atoms with Gasteiger partial charge in [0, 0.05) is 11.1 Å². The number of aryl methyl sites for hydroxylation is 2. The first kappa shape index (κ1) is 13.4. The van der Waals surface area contributed by atoms with Crippen LogP contribution in [-0.2, 0) is 5.92 Å². The van der Waals surface area contributed by atoms with Crippen LogP contribution in [0.5, 0.6) is 0 Å². The Morgan fingerprint density at radius 2 is 1.58 bits per heavy atom. The van der Waals surface area contributed by atoms with Crippen molar-refractivity contribution in [3.63, 3.8) is 0 Å². The third kappa shape index (κ3) is 2.55. The molecule has 0 saturated carbocycles. The van der Waals surface area contributed by atoms with Crippen molar-refractivity contribution >= 4 is 5.78 Å². The largest absolute Gasteiger partial charge is 0.334 e. The van der Waals surface area contributed by atoms with E-state index in [2.05, 4.69) is 0 Å². The zero-order valence-corrected chi connectivity index (χ0v) is 10.8. The number of Topliss-reactive ketones (excluding diaryl/α,β-unsaturated/α-hetero) is 1. The fourth-order valence-corrected chi connectivity index (χ4v) is 1.84. The van der Waals surface area contributed by atoms with Crippen LogP contribution in [0.2, 0.25) is 0 Å². The molecule has 0 amide bonds. The Hall–Kier alpha value is -2.03. The molecule has 0 aliphatic heterocycles. The van der Waals surface area contributed by atoms with E-state index in [0.29, 0.717) is 0 Å². The Labute approximate surface area is 110 Å². The second-order valence-corrected chi connectivity index (χ2v) is 4.57. The maximum atomic E-state index is 14.2. The first-order chi connectivity index (χ1) is 8.93. The van der Waals surface area contributed by atoms with E-state index in [-0.39, 0.29) is 11.1 Å². The summed E-state index contributed by atoms with van der Waals surface area (Å²) in [5, 5.41) is 0. The van der Waals surface area contributed by atoms with Gasteiger partial charge in [0.25, 0.3) is 0 Å². The molecule has 0 atom stereocenters. The number of hydrogen-bond acceptors (Lipinski definition) is 1. The second kappa shape index (κ2) is 4.92. The third-order valence-corrected chi connectivity index (χ3v) is 3.19. The second-order valence-electron chi connectivity index (χ2n) is 4.57. The lowest BCUT2D eigenvalue weighted by Crippen LogP contribution is -2.26. The van der Waals surface area contributed by atoms with Gasteiger partial charge in [-0.2, -0.15) is 8.78 Å². The Balaban J connectivity index is 2.41. The van der Waals surface area contributed by atoms with Gasteiger partial charge in [-0.25, -0.2) is 0 Å². The molecule has 0 unspecified atom stereocenters. The van der Waals surface area contributed by atoms with Crippen LogP contribution in [0.1, 0.15) is 27.0 Å². The van der Waals surface area contributed by atoms with Gasteiger partial charge in [-0.3, -0.25) is 4.79 Å². The van der Waals surface area contributed by atoms with Crippen molar-refractivity contribution in [2.75, 3.05) is 0 Å². The van der Waals surface area contributed by atoms with Crippen LogP contribution >= 0.6 is 0 Å². The molecule has 98 valence electrons. The Morgan fingerprint density at radius 1 is 0.947 bits per heavy atom. The number of halogens is 2. The number of carbonyl (C=O) groups excluding carboxylic acids is 1. The molecule has 0 aromatic heterocycles. The van der Waals surface area contributed by atoms with Crippen LogP contribution in [0, 0.1) is 13.8 Å². The highest BCUT2D eigenvalue weighted by Gasteiger charge is 2.41. The molecule has 2 rings (SSSR count). The van der Waals surface area contributed by atoms with Crippen LogP contribution in [-0.4, -0.2) is 5.78 Å². The van der Waals surface area contributed by atoms with Gasteiger partial charge in [0.05, 0.1) is 0 Å². The van der Waals surface area contributed by atoms with Crippen molar-refractivity contribution in [2.24, 2.45) is 0 Å². The minimum Gasteiger partial charge on any atom is -0.287 e. The quantitative estimate of drug-likeness (QED) is 0.753. The van der Waals surface area contributed by atoms with Crippen LogP contribution in [0.25, 0.3) is 0 Å². The number of hydrogen-bond donors (Lipinski definition) is 0. The summed E-state index contributed by atoms with van der Waals surface area (Å²) >= 11 is 0. The standard InChI is InChI=1S/C16H14F2O/c1-11-8-9-14(10-12(11)2)16(17,18)15(19)13-6-4-3-5-7-13/h3-10H,1-2H3. The average molecular weight is 260 g/mol. The van der Waals surface area contributed by atoms with Crippen molar-refractivity contribution in [3.05, 3.63) is 70.8 Å². The predicted octanol–water partition coefficient (Wildman–Crippen LogP) is 4.28. The molecule has 0 bridgehead atoms. The van der Waals surface area contributed by atoms with Gasteiger partial charge >= 0.3 is 5.92 Å². The first-order valence-electron chi connectivity index (χ1n) is 5.98.